The highest BCUT2D eigenvalue weighted by molar-refractivity contribution is 5.87. The predicted octanol–water partition coefficient (Wildman–Crippen LogP) is 3.58. The molecule has 0 radical (unpaired) electrons. The zero-order valence-corrected chi connectivity index (χ0v) is 10.2. The normalized spacial score (nSPS) is 13.6. The van der Waals surface area contributed by atoms with Gasteiger partial charge in [0.25, 0.3) is 0 Å². The van der Waals surface area contributed by atoms with Crippen LogP contribution in [0.25, 0.3) is 0 Å². The summed E-state index contributed by atoms with van der Waals surface area (Å²) < 4.78 is 0. The summed E-state index contributed by atoms with van der Waals surface area (Å²) in [5, 5.41) is 0. The predicted molar refractivity (Wildman–Crippen MR) is 67.9 cm³/mol. The minimum absolute atomic E-state index is 0.174. The average Bonchev–Trinajstić information content (AvgIpc) is 2.27. The van der Waals surface area contributed by atoms with E-state index in [2.05, 4.69) is 24.0 Å². The van der Waals surface area contributed by atoms with E-state index in [-0.39, 0.29) is 11.8 Å². The number of benzene rings is 1. The molecule has 0 saturated carbocycles. The van der Waals surface area contributed by atoms with Gasteiger partial charge in [0.05, 0.1) is 6.04 Å². The molecule has 0 aromatic heterocycles. The SMILES string of the molecule is CC(=O)CCC(C)=NC(C)c1ccccc1. The Balaban J connectivity index is 2.58. The zero-order chi connectivity index (χ0) is 12.0. The number of carbonyl (C=O) groups excluding carboxylic acids is 1. The van der Waals surface area contributed by atoms with Gasteiger partial charge in [0, 0.05) is 12.1 Å². The standard InChI is InChI=1S/C14H19NO/c1-11(9-10-12(2)16)15-13(3)14-7-5-4-6-8-14/h4-8,13H,9-10H2,1-3H3. The van der Waals surface area contributed by atoms with Crippen LogP contribution in [0, 0.1) is 0 Å². The Kier molecular flexibility index (Phi) is 4.90. The van der Waals surface area contributed by atoms with Crippen LogP contribution in [0.3, 0.4) is 0 Å². The first-order chi connectivity index (χ1) is 7.59. The monoisotopic (exact) mass is 217 g/mol. The van der Waals surface area contributed by atoms with E-state index in [1.165, 1.54) is 5.56 Å². The summed E-state index contributed by atoms with van der Waals surface area (Å²) in [4.78, 5) is 15.4. The Morgan fingerprint density at radius 2 is 1.81 bits per heavy atom. The van der Waals surface area contributed by atoms with Gasteiger partial charge in [-0.05, 0) is 32.8 Å². The molecule has 0 spiro atoms. The molecule has 2 heteroatoms. The lowest BCUT2D eigenvalue weighted by Gasteiger charge is -2.08. The van der Waals surface area contributed by atoms with Gasteiger partial charge in [0.2, 0.25) is 0 Å². The highest BCUT2D eigenvalue weighted by atomic mass is 16.1. The Labute approximate surface area is 97.4 Å². The van der Waals surface area contributed by atoms with Crippen LogP contribution in [-0.4, -0.2) is 11.5 Å². The van der Waals surface area contributed by atoms with Crippen LogP contribution in [0.1, 0.15) is 45.2 Å². The summed E-state index contributed by atoms with van der Waals surface area (Å²) in [6, 6.07) is 10.4. The Morgan fingerprint density at radius 1 is 1.19 bits per heavy atom. The van der Waals surface area contributed by atoms with Crippen molar-refractivity contribution in [3.8, 4) is 0 Å². The van der Waals surface area contributed by atoms with E-state index in [4.69, 9.17) is 0 Å². The number of hydrogen-bond acceptors (Lipinski definition) is 2. The van der Waals surface area contributed by atoms with E-state index in [1.807, 2.05) is 25.1 Å². The van der Waals surface area contributed by atoms with Gasteiger partial charge in [-0.25, -0.2) is 0 Å². The van der Waals surface area contributed by atoms with Crippen LogP contribution in [0.4, 0.5) is 0 Å². The maximum atomic E-state index is 10.8. The van der Waals surface area contributed by atoms with Gasteiger partial charge in [0.1, 0.15) is 5.78 Å². The van der Waals surface area contributed by atoms with Crippen molar-refractivity contribution in [1.82, 2.24) is 0 Å². The van der Waals surface area contributed by atoms with Crippen LogP contribution in [0.5, 0.6) is 0 Å². The molecule has 0 aliphatic rings. The maximum Gasteiger partial charge on any atom is 0.130 e. The number of nitrogens with zero attached hydrogens (tertiary/aromatic N) is 1. The van der Waals surface area contributed by atoms with E-state index < -0.39 is 0 Å². The van der Waals surface area contributed by atoms with Gasteiger partial charge in [-0.2, -0.15) is 0 Å². The summed E-state index contributed by atoms with van der Waals surface area (Å²) in [6.45, 7) is 5.68. The molecule has 0 amide bonds. The van der Waals surface area contributed by atoms with E-state index in [0.29, 0.717) is 6.42 Å². The second-order valence-corrected chi connectivity index (χ2v) is 4.15. The number of rotatable bonds is 5. The van der Waals surface area contributed by atoms with Crippen LogP contribution in [0.15, 0.2) is 35.3 Å². The minimum Gasteiger partial charge on any atom is -0.300 e. The molecule has 1 aromatic rings. The molecule has 1 atom stereocenters. The Bertz CT molecular complexity index is 368. The fraction of sp³-hybridized carbons (Fsp3) is 0.429. The fourth-order valence-corrected chi connectivity index (χ4v) is 1.56. The average molecular weight is 217 g/mol. The first kappa shape index (κ1) is 12.6. The molecular formula is C14H19NO. The molecule has 0 bridgehead atoms. The highest BCUT2D eigenvalue weighted by Crippen LogP contribution is 2.16. The quantitative estimate of drug-likeness (QED) is 0.693. The Morgan fingerprint density at radius 3 is 2.38 bits per heavy atom. The highest BCUT2D eigenvalue weighted by Gasteiger charge is 2.03. The minimum atomic E-state index is 0.174. The molecule has 0 N–H and O–H groups in total. The summed E-state index contributed by atoms with van der Waals surface area (Å²) >= 11 is 0. The topological polar surface area (TPSA) is 29.4 Å². The van der Waals surface area contributed by atoms with Crippen molar-refractivity contribution in [2.75, 3.05) is 0 Å². The Hall–Kier alpha value is -1.44. The molecular weight excluding hydrogens is 198 g/mol. The number of ketones is 1. The van der Waals surface area contributed by atoms with Crippen molar-refractivity contribution in [2.45, 2.75) is 39.7 Å². The number of hydrogen-bond donors (Lipinski definition) is 0. The largest absolute Gasteiger partial charge is 0.300 e. The molecule has 0 saturated heterocycles. The third kappa shape index (κ3) is 4.39. The number of aliphatic imine (C=N–C) groups is 1. The summed E-state index contributed by atoms with van der Waals surface area (Å²) in [5.41, 5.74) is 2.26. The molecule has 0 fully saturated rings. The van der Waals surface area contributed by atoms with Gasteiger partial charge in [0.15, 0.2) is 0 Å². The molecule has 86 valence electrons. The van der Waals surface area contributed by atoms with E-state index in [9.17, 15) is 4.79 Å². The maximum absolute atomic E-state index is 10.8. The van der Waals surface area contributed by atoms with Crippen molar-refractivity contribution in [2.24, 2.45) is 4.99 Å². The lowest BCUT2D eigenvalue weighted by molar-refractivity contribution is -0.116. The van der Waals surface area contributed by atoms with Crippen LogP contribution >= 0.6 is 0 Å². The van der Waals surface area contributed by atoms with Crippen LogP contribution < -0.4 is 0 Å². The molecule has 0 aliphatic heterocycles. The molecule has 1 unspecified atom stereocenters. The van der Waals surface area contributed by atoms with Gasteiger partial charge < -0.3 is 4.79 Å². The van der Waals surface area contributed by atoms with E-state index in [1.54, 1.807) is 6.92 Å². The van der Waals surface area contributed by atoms with Crippen LogP contribution in [0.2, 0.25) is 0 Å². The third-order valence-corrected chi connectivity index (χ3v) is 2.53. The smallest absolute Gasteiger partial charge is 0.130 e. The van der Waals surface area contributed by atoms with Crippen molar-refractivity contribution < 1.29 is 4.79 Å². The van der Waals surface area contributed by atoms with Gasteiger partial charge in [-0.1, -0.05) is 30.3 Å². The number of Topliss-reactive ketones (excluding diaryl/α,β-unsaturated/α-hetero) is 1. The molecule has 2 nitrogen and oxygen atoms in total. The second-order valence-electron chi connectivity index (χ2n) is 4.15. The first-order valence-electron chi connectivity index (χ1n) is 5.67. The van der Waals surface area contributed by atoms with Gasteiger partial charge in [-0.3, -0.25) is 4.99 Å². The molecule has 0 heterocycles. The van der Waals surface area contributed by atoms with Crippen molar-refractivity contribution in [3.63, 3.8) is 0 Å². The van der Waals surface area contributed by atoms with Crippen molar-refractivity contribution in [1.29, 1.82) is 0 Å². The molecule has 0 aliphatic carbocycles. The molecule has 1 rings (SSSR count). The zero-order valence-electron chi connectivity index (χ0n) is 10.2. The van der Waals surface area contributed by atoms with Gasteiger partial charge in [-0.15, -0.1) is 0 Å². The molecule has 1 aromatic carbocycles. The van der Waals surface area contributed by atoms with Gasteiger partial charge >= 0.3 is 0 Å². The summed E-state index contributed by atoms with van der Waals surface area (Å²) in [7, 11) is 0. The van der Waals surface area contributed by atoms with Crippen molar-refractivity contribution >= 4 is 11.5 Å². The summed E-state index contributed by atoms with van der Waals surface area (Å²) in [5.74, 6) is 0.224. The molecule has 16 heavy (non-hydrogen) atoms. The summed E-state index contributed by atoms with van der Waals surface area (Å²) in [6.07, 6.45) is 1.36. The lowest BCUT2D eigenvalue weighted by atomic mass is 10.1. The fourth-order valence-electron chi connectivity index (χ4n) is 1.56. The van der Waals surface area contributed by atoms with Crippen LogP contribution in [-0.2, 0) is 4.79 Å². The first-order valence-corrected chi connectivity index (χ1v) is 5.67. The van der Waals surface area contributed by atoms with Crippen molar-refractivity contribution in [3.05, 3.63) is 35.9 Å². The lowest BCUT2D eigenvalue weighted by Crippen LogP contribution is -2.00. The third-order valence-electron chi connectivity index (χ3n) is 2.53. The van der Waals surface area contributed by atoms with E-state index in [0.717, 1.165) is 12.1 Å². The second kappa shape index (κ2) is 6.21. The van der Waals surface area contributed by atoms with E-state index >= 15 is 0 Å². The number of carbonyl (C=O) groups is 1.